The average molecular weight is 395 g/mol. The first kappa shape index (κ1) is 19.8. The molecule has 1 amide bonds. The van der Waals surface area contributed by atoms with Crippen molar-refractivity contribution in [1.82, 2.24) is 4.90 Å². The zero-order chi connectivity index (χ0) is 20.4. The number of piperidine rings is 1. The molecule has 5 heteroatoms. The van der Waals surface area contributed by atoms with Gasteiger partial charge >= 0.3 is 6.09 Å². The summed E-state index contributed by atoms with van der Waals surface area (Å²) in [7, 11) is 0. The van der Waals surface area contributed by atoms with Gasteiger partial charge in [-0.05, 0) is 62.4 Å². The minimum atomic E-state index is -0.516. The topological polar surface area (TPSA) is 48.0 Å². The summed E-state index contributed by atoms with van der Waals surface area (Å²) in [5.74, 6) is 0.814. The predicted octanol–water partition coefficient (Wildman–Crippen LogP) is 5.24. The lowest BCUT2D eigenvalue weighted by molar-refractivity contribution is -0.0712. The van der Waals surface area contributed by atoms with Crippen molar-refractivity contribution in [3.63, 3.8) is 0 Å². The molecular weight excluding hydrogens is 366 g/mol. The van der Waals surface area contributed by atoms with Gasteiger partial charge in [0.25, 0.3) is 0 Å². The van der Waals surface area contributed by atoms with Crippen LogP contribution in [0.2, 0.25) is 0 Å². The molecule has 2 aliphatic heterocycles. The maximum Gasteiger partial charge on any atom is 0.410 e. The molecule has 0 aromatic heterocycles. The van der Waals surface area contributed by atoms with E-state index in [4.69, 9.17) is 14.2 Å². The monoisotopic (exact) mass is 395 g/mol. The van der Waals surface area contributed by atoms with E-state index in [0.29, 0.717) is 19.8 Å². The molecule has 4 rings (SSSR count). The maximum atomic E-state index is 12.8. The van der Waals surface area contributed by atoms with E-state index in [-0.39, 0.29) is 18.2 Å². The molecule has 1 fully saturated rings. The van der Waals surface area contributed by atoms with E-state index in [1.807, 2.05) is 68.1 Å². The Balaban J connectivity index is 1.54. The highest BCUT2D eigenvalue weighted by Gasteiger charge is 2.41. The second kappa shape index (κ2) is 8.07. The summed E-state index contributed by atoms with van der Waals surface area (Å²) < 4.78 is 17.8. The number of rotatable bonds is 3. The summed E-state index contributed by atoms with van der Waals surface area (Å²) in [6.07, 6.45) is 1.62. The summed E-state index contributed by atoms with van der Waals surface area (Å²) in [5, 5.41) is 0. The van der Waals surface area contributed by atoms with E-state index in [1.54, 1.807) is 0 Å². The Kier molecular flexibility index (Phi) is 5.50. The Morgan fingerprint density at radius 1 is 1.17 bits per heavy atom. The van der Waals surface area contributed by atoms with Gasteiger partial charge in [0, 0.05) is 6.54 Å². The van der Waals surface area contributed by atoms with Crippen molar-refractivity contribution >= 4 is 6.09 Å². The van der Waals surface area contributed by atoms with Crippen LogP contribution in [0.1, 0.15) is 56.3 Å². The third kappa shape index (κ3) is 4.56. The van der Waals surface area contributed by atoms with Crippen LogP contribution in [-0.4, -0.2) is 29.2 Å². The molecule has 2 aromatic rings. The van der Waals surface area contributed by atoms with E-state index in [0.717, 1.165) is 35.3 Å². The van der Waals surface area contributed by atoms with Crippen LogP contribution in [0, 0.1) is 0 Å². The lowest BCUT2D eigenvalue weighted by Gasteiger charge is -2.44. The number of benzene rings is 2. The second-order valence-electron chi connectivity index (χ2n) is 8.75. The van der Waals surface area contributed by atoms with Crippen LogP contribution < -0.4 is 4.74 Å². The zero-order valence-corrected chi connectivity index (χ0v) is 17.4. The van der Waals surface area contributed by atoms with Gasteiger partial charge in [-0.1, -0.05) is 36.4 Å². The van der Waals surface area contributed by atoms with Crippen LogP contribution in [0.3, 0.4) is 0 Å². The molecule has 0 unspecified atom stereocenters. The Labute approximate surface area is 172 Å². The van der Waals surface area contributed by atoms with Crippen molar-refractivity contribution in [3.05, 3.63) is 65.2 Å². The number of carbonyl (C=O) groups is 1. The predicted molar refractivity (Wildman–Crippen MR) is 111 cm³/mol. The van der Waals surface area contributed by atoms with E-state index >= 15 is 0 Å². The molecule has 2 aliphatic rings. The number of nitrogens with zero attached hydrogens (tertiary/aromatic N) is 1. The zero-order valence-electron chi connectivity index (χ0n) is 17.4. The summed E-state index contributed by atoms with van der Waals surface area (Å²) in [6.45, 7) is 7.44. The number of hydrogen-bond acceptors (Lipinski definition) is 4. The average Bonchev–Trinajstić information content (AvgIpc) is 2.71. The van der Waals surface area contributed by atoms with Gasteiger partial charge in [0.2, 0.25) is 0 Å². The van der Waals surface area contributed by atoms with Crippen LogP contribution in [0.5, 0.6) is 5.75 Å². The van der Waals surface area contributed by atoms with E-state index in [2.05, 4.69) is 6.07 Å². The van der Waals surface area contributed by atoms with Gasteiger partial charge in [-0.3, -0.25) is 4.90 Å². The highest BCUT2D eigenvalue weighted by atomic mass is 16.6. The van der Waals surface area contributed by atoms with Gasteiger partial charge in [0.05, 0.1) is 18.8 Å². The van der Waals surface area contributed by atoms with Crippen LogP contribution in [-0.2, 0) is 22.7 Å². The molecule has 0 spiro atoms. The summed E-state index contributed by atoms with van der Waals surface area (Å²) >= 11 is 0. The summed E-state index contributed by atoms with van der Waals surface area (Å²) in [5.41, 5.74) is 2.83. The first-order valence-electron chi connectivity index (χ1n) is 10.3. The molecule has 2 atom stereocenters. The van der Waals surface area contributed by atoms with Gasteiger partial charge in [-0.15, -0.1) is 0 Å². The molecule has 0 bridgehead atoms. The lowest BCUT2D eigenvalue weighted by atomic mass is 9.87. The molecule has 29 heavy (non-hydrogen) atoms. The Morgan fingerprint density at radius 2 is 1.97 bits per heavy atom. The summed E-state index contributed by atoms with van der Waals surface area (Å²) in [6, 6.07) is 16.1. The van der Waals surface area contributed by atoms with Crippen molar-refractivity contribution in [2.45, 2.75) is 64.6 Å². The molecule has 0 N–H and O–H groups in total. The number of amides is 1. The van der Waals surface area contributed by atoms with Crippen LogP contribution >= 0.6 is 0 Å². The molecule has 2 heterocycles. The van der Waals surface area contributed by atoms with Crippen molar-refractivity contribution in [3.8, 4) is 5.75 Å². The normalized spacial score (nSPS) is 21.1. The van der Waals surface area contributed by atoms with E-state index < -0.39 is 5.60 Å². The van der Waals surface area contributed by atoms with Crippen molar-refractivity contribution in [2.24, 2.45) is 0 Å². The van der Waals surface area contributed by atoms with Crippen molar-refractivity contribution < 1.29 is 19.0 Å². The Morgan fingerprint density at radius 3 is 2.72 bits per heavy atom. The van der Waals surface area contributed by atoms with Crippen LogP contribution in [0.4, 0.5) is 4.79 Å². The quantitative estimate of drug-likeness (QED) is 0.713. The fourth-order valence-corrected chi connectivity index (χ4v) is 4.05. The highest BCUT2D eigenvalue weighted by molar-refractivity contribution is 5.69. The first-order valence-corrected chi connectivity index (χ1v) is 10.3. The molecule has 0 aliphatic carbocycles. The number of carbonyl (C=O) groups excluding carboxylic acids is 1. The maximum absolute atomic E-state index is 12.8. The smallest absolute Gasteiger partial charge is 0.410 e. The first-order chi connectivity index (χ1) is 13.9. The fraction of sp³-hybridized carbons (Fsp3) is 0.458. The fourth-order valence-electron chi connectivity index (χ4n) is 4.05. The third-order valence-electron chi connectivity index (χ3n) is 5.34. The molecular formula is C24H29NO4. The van der Waals surface area contributed by atoms with Crippen LogP contribution in [0.25, 0.3) is 0 Å². The van der Waals surface area contributed by atoms with Crippen LogP contribution in [0.15, 0.2) is 48.5 Å². The molecule has 0 radical (unpaired) electrons. The Bertz CT molecular complexity index is 859. The Hall–Kier alpha value is -2.53. The number of likely N-dealkylation sites (tertiary alicyclic amines) is 1. The van der Waals surface area contributed by atoms with Gasteiger partial charge in [0.1, 0.15) is 18.0 Å². The molecule has 5 nitrogen and oxygen atoms in total. The number of fused-ring (bicyclic) bond motifs is 3. The van der Waals surface area contributed by atoms with Gasteiger partial charge in [0.15, 0.2) is 0 Å². The summed E-state index contributed by atoms with van der Waals surface area (Å²) in [4.78, 5) is 14.7. The van der Waals surface area contributed by atoms with E-state index in [9.17, 15) is 4.79 Å². The van der Waals surface area contributed by atoms with Crippen molar-refractivity contribution in [2.75, 3.05) is 6.54 Å². The number of hydrogen-bond donors (Lipinski definition) is 0. The largest absolute Gasteiger partial charge is 0.489 e. The lowest BCUT2D eigenvalue weighted by Crippen LogP contribution is -2.49. The second-order valence-corrected chi connectivity index (χ2v) is 8.75. The standard InChI is InChI=1S/C24H29NO4/c1-24(2,3)29-23(26)25-13-7-10-21-22(25)20-12-11-19(14-18(20)16-28-21)27-15-17-8-5-4-6-9-17/h4-6,8-9,11-12,14,21-22H,7,10,13,15-16H2,1-3H3/t21-,22-/m0/s1. The molecule has 154 valence electrons. The molecule has 2 aromatic carbocycles. The van der Waals surface area contributed by atoms with E-state index in [1.165, 1.54) is 0 Å². The minimum absolute atomic E-state index is 0.0138. The van der Waals surface area contributed by atoms with Crippen molar-refractivity contribution in [1.29, 1.82) is 0 Å². The molecule has 0 saturated carbocycles. The molecule has 1 saturated heterocycles. The highest BCUT2D eigenvalue weighted by Crippen LogP contribution is 2.41. The third-order valence-corrected chi connectivity index (χ3v) is 5.34. The minimum Gasteiger partial charge on any atom is -0.489 e. The van der Waals surface area contributed by atoms with Gasteiger partial charge in [-0.2, -0.15) is 0 Å². The number of ether oxygens (including phenoxy) is 3. The van der Waals surface area contributed by atoms with Gasteiger partial charge < -0.3 is 14.2 Å². The van der Waals surface area contributed by atoms with Gasteiger partial charge in [-0.25, -0.2) is 4.79 Å². The SMILES string of the molecule is CC(C)(C)OC(=O)N1CCC[C@@H]2OCc3cc(OCc4ccccc4)ccc3[C@@H]21.